The fraction of sp³-hybridized carbons (Fsp3) is 0.889. The van der Waals surface area contributed by atoms with Gasteiger partial charge in [0.2, 0.25) is 0 Å². The highest BCUT2D eigenvalue weighted by Gasteiger charge is 2.80. The maximum atomic E-state index is 13.8. The Balaban J connectivity index is 3.37. The third-order valence-electron chi connectivity index (χ3n) is 3.19. The second kappa shape index (κ2) is 5.53. The zero-order chi connectivity index (χ0) is 17.6. The summed E-state index contributed by atoms with van der Waals surface area (Å²) in [6.07, 6.45) is 0.959. The van der Waals surface area contributed by atoms with E-state index in [0.717, 1.165) is 0 Å². The molecule has 0 spiro atoms. The minimum atomic E-state index is -6.87. The monoisotopic (exact) mass is 377 g/mol. The van der Waals surface area contributed by atoms with E-state index in [9.17, 15) is 39.0 Å². The van der Waals surface area contributed by atoms with Gasteiger partial charge in [0.15, 0.2) is 0 Å². The van der Waals surface area contributed by atoms with Crippen LogP contribution in [0.1, 0.15) is 19.3 Å². The molecule has 0 aromatic heterocycles. The van der Waals surface area contributed by atoms with Crippen LogP contribution in [-0.2, 0) is 19.8 Å². The van der Waals surface area contributed by atoms with Crippen LogP contribution in [0, 0.1) is 0 Å². The van der Waals surface area contributed by atoms with E-state index < -0.39 is 36.3 Å². The summed E-state index contributed by atoms with van der Waals surface area (Å²) in [6, 6.07) is 0. The second-order valence-electron chi connectivity index (χ2n) is 4.71. The SMILES string of the molecule is C=S(=O)(N1CCCCC1)C(F)(F)C(F)(F)C(F)(F)S(=O)(=O)O. The Hall–Kier alpha value is -0.530. The van der Waals surface area contributed by atoms with Gasteiger partial charge in [-0.1, -0.05) is 6.42 Å². The summed E-state index contributed by atoms with van der Waals surface area (Å²) >= 11 is 0. The highest BCUT2D eigenvalue weighted by atomic mass is 32.2. The zero-order valence-electron chi connectivity index (χ0n) is 10.9. The van der Waals surface area contributed by atoms with Crippen molar-refractivity contribution in [2.24, 2.45) is 0 Å². The Bertz CT molecular complexity index is 624. The normalized spacial score (nSPS) is 22.3. The van der Waals surface area contributed by atoms with Gasteiger partial charge in [0, 0.05) is 13.1 Å². The summed E-state index contributed by atoms with van der Waals surface area (Å²) in [6.45, 7) is -0.684. The molecule has 1 unspecified atom stereocenters. The molecule has 0 amide bonds. The molecule has 5 nitrogen and oxygen atoms in total. The second-order valence-corrected chi connectivity index (χ2v) is 8.49. The molecule has 1 saturated heterocycles. The topological polar surface area (TPSA) is 74.7 Å². The molecule has 0 radical (unpaired) electrons. The lowest BCUT2D eigenvalue weighted by Gasteiger charge is -2.38. The summed E-state index contributed by atoms with van der Waals surface area (Å²) in [7, 11) is -12.1. The van der Waals surface area contributed by atoms with E-state index in [2.05, 4.69) is 5.87 Å². The molecule has 1 aliphatic rings. The van der Waals surface area contributed by atoms with Gasteiger partial charge in [-0.25, -0.2) is 8.51 Å². The molecule has 22 heavy (non-hydrogen) atoms. The minimum absolute atomic E-state index is 0.211. The summed E-state index contributed by atoms with van der Waals surface area (Å²) in [5, 5.41) is -12.5. The lowest BCUT2D eigenvalue weighted by atomic mass is 10.2. The molecule has 1 rings (SSSR count). The molecular formula is C9H13F6NO4S2. The largest absolute Gasteiger partial charge is 0.439 e. The van der Waals surface area contributed by atoms with Gasteiger partial charge in [0.25, 0.3) is 0 Å². The number of hydrogen-bond donors (Lipinski definition) is 1. The van der Waals surface area contributed by atoms with Gasteiger partial charge >= 0.3 is 26.5 Å². The number of hydrogen-bond acceptors (Lipinski definition) is 3. The standard InChI is InChI=1S/C9H13F6NO4S2/c1-21(17,16-5-3-2-4-6-16)8(12,13)7(10,11)9(14,15)22(18,19)20/h1-6H2,(H,18,19,20). The smallest absolute Gasteiger partial charge is 0.281 e. The molecule has 1 N–H and O–H groups in total. The van der Waals surface area contributed by atoms with Crippen LogP contribution in [0.3, 0.4) is 0 Å². The average Bonchev–Trinajstić information content (AvgIpc) is 2.37. The number of piperidine rings is 1. The van der Waals surface area contributed by atoms with Crippen LogP contribution in [0.15, 0.2) is 0 Å². The van der Waals surface area contributed by atoms with E-state index in [0.29, 0.717) is 10.7 Å². The van der Waals surface area contributed by atoms with E-state index >= 15 is 0 Å². The summed E-state index contributed by atoms with van der Waals surface area (Å²) in [5.74, 6) is -4.18. The third kappa shape index (κ3) is 2.71. The first-order valence-electron chi connectivity index (χ1n) is 5.83. The molecule has 1 fully saturated rings. The lowest BCUT2D eigenvalue weighted by Crippen LogP contribution is -2.63. The van der Waals surface area contributed by atoms with Crippen molar-refractivity contribution in [3.8, 4) is 0 Å². The highest BCUT2D eigenvalue weighted by molar-refractivity contribution is 7.99. The van der Waals surface area contributed by atoms with Crippen molar-refractivity contribution < 1.29 is 43.5 Å². The van der Waals surface area contributed by atoms with E-state index in [1.807, 2.05) is 0 Å². The quantitative estimate of drug-likeness (QED) is 0.451. The molecule has 0 saturated carbocycles. The first-order valence-corrected chi connectivity index (χ1v) is 8.95. The Morgan fingerprint density at radius 1 is 0.864 bits per heavy atom. The van der Waals surface area contributed by atoms with Crippen molar-refractivity contribution >= 4 is 25.7 Å². The molecule has 0 aromatic carbocycles. The van der Waals surface area contributed by atoms with Crippen molar-refractivity contribution in [3.05, 3.63) is 0 Å². The molecule has 1 atom stereocenters. The van der Waals surface area contributed by atoms with E-state index in [4.69, 9.17) is 4.55 Å². The minimum Gasteiger partial charge on any atom is -0.281 e. The van der Waals surface area contributed by atoms with Crippen molar-refractivity contribution in [1.29, 1.82) is 0 Å². The van der Waals surface area contributed by atoms with Crippen LogP contribution in [0.25, 0.3) is 0 Å². The molecular weight excluding hydrogens is 364 g/mol. The first-order chi connectivity index (χ1) is 9.61. The van der Waals surface area contributed by atoms with Gasteiger partial charge in [0.05, 0.1) is 9.71 Å². The average molecular weight is 377 g/mol. The van der Waals surface area contributed by atoms with Crippen LogP contribution in [0.2, 0.25) is 0 Å². The Morgan fingerprint density at radius 2 is 1.27 bits per heavy atom. The van der Waals surface area contributed by atoms with E-state index in [1.165, 1.54) is 0 Å². The van der Waals surface area contributed by atoms with Gasteiger partial charge in [-0.15, -0.1) is 0 Å². The van der Waals surface area contributed by atoms with Gasteiger partial charge < -0.3 is 0 Å². The predicted molar refractivity (Wildman–Crippen MR) is 67.1 cm³/mol. The van der Waals surface area contributed by atoms with Crippen LogP contribution in [0.4, 0.5) is 26.3 Å². The molecule has 132 valence electrons. The number of alkyl halides is 6. The maximum Gasteiger partial charge on any atom is 0.439 e. The number of nitrogens with zero attached hydrogens (tertiary/aromatic N) is 1. The van der Waals surface area contributed by atoms with Crippen molar-refractivity contribution in [3.63, 3.8) is 0 Å². The molecule has 0 aliphatic carbocycles. The summed E-state index contributed by atoms with van der Waals surface area (Å²) < 4.78 is 122. The predicted octanol–water partition coefficient (Wildman–Crippen LogP) is 1.81. The van der Waals surface area contributed by atoms with Gasteiger partial charge in [-0.3, -0.25) is 4.55 Å². The highest BCUT2D eigenvalue weighted by Crippen LogP contribution is 2.51. The molecule has 0 bridgehead atoms. The lowest BCUT2D eigenvalue weighted by molar-refractivity contribution is -0.245. The zero-order valence-corrected chi connectivity index (χ0v) is 12.6. The Labute approximate surface area is 123 Å². The maximum absolute atomic E-state index is 13.8. The van der Waals surface area contributed by atoms with Gasteiger partial charge in [0.1, 0.15) is 0 Å². The fourth-order valence-electron chi connectivity index (χ4n) is 1.85. The van der Waals surface area contributed by atoms with Crippen LogP contribution >= 0.6 is 0 Å². The van der Waals surface area contributed by atoms with Crippen LogP contribution < -0.4 is 0 Å². The first kappa shape index (κ1) is 19.5. The number of rotatable bonds is 5. The molecule has 0 aromatic rings. The molecule has 1 aliphatic heterocycles. The van der Waals surface area contributed by atoms with Crippen molar-refractivity contribution in [2.75, 3.05) is 13.1 Å². The molecule has 1 heterocycles. The van der Waals surface area contributed by atoms with Crippen LogP contribution in [0.5, 0.6) is 0 Å². The summed E-state index contributed by atoms with van der Waals surface area (Å²) in [4.78, 5) is 0. The third-order valence-corrected chi connectivity index (χ3v) is 6.35. The van der Waals surface area contributed by atoms with Crippen molar-refractivity contribution in [1.82, 2.24) is 4.31 Å². The fourth-order valence-corrected chi connectivity index (χ4v) is 4.07. The van der Waals surface area contributed by atoms with Crippen LogP contribution in [-0.4, -0.2) is 56.9 Å². The van der Waals surface area contributed by atoms with Gasteiger partial charge in [-0.2, -0.15) is 34.8 Å². The van der Waals surface area contributed by atoms with E-state index in [-0.39, 0.29) is 25.9 Å². The molecule has 13 heteroatoms. The van der Waals surface area contributed by atoms with E-state index in [1.54, 1.807) is 0 Å². The number of halogens is 6. The Kier molecular flexibility index (Phi) is 4.90. The van der Waals surface area contributed by atoms with Gasteiger partial charge in [-0.05, 0) is 18.7 Å². The van der Waals surface area contributed by atoms with Crippen molar-refractivity contribution in [2.45, 2.75) is 35.7 Å². The Morgan fingerprint density at radius 3 is 1.64 bits per heavy atom. The summed E-state index contributed by atoms with van der Waals surface area (Å²) in [5.41, 5.74) is 0.